The maximum absolute atomic E-state index is 10.8. The molecule has 0 atom stereocenters. The van der Waals surface area contributed by atoms with Crippen LogP contribution in [0.4, 0.5) is 0 Å². The fraction of sp³-hybridized carbons (Fsp3) is 0.625. The minimum Gasteiger partial charge on any atom is -1.00 e. The number of quaternary nitrogens is 1. The summed E-state index contributed by atoms with van der Waals surface area (Å²) in [4.78, 5) is 12.7. The third-order valence-electron chi connectivity index (χ3n) is 1.12. The van der Waals surface area contributed by atoms with Crippen LogP contribution in [0.25, 0.3) is 0 Å². The number of ether oxygens (including phenoxy) is 1. The summed E-state index contributed by atoms with van der Waals surface area (Å²) in [5, 5.41) is 0. The highest BCUT2D eigenvalue weighted by Crippen LogP contribution is 1.91. The number of carbonyl (C=O) groups excluding carboxylic acids is 1. The van der Waals surface area contributed by atoms with Crippen molar-refractivity contribution in [2.75, 3.05) is 27.2 Å². The molecule has 0 spiro atoms. The summed E-state index contributed by atoms with van der Waals surface area (Å²) < 4.78 is 4.83. The van der Waals surface area contributed by atoms with Gasteiger partial charge in [0.15, 0.2) is 0 Å². The molecule has 80 valence electrons. The maximum atomic E-state index is 10.8. The zero-order valence-electron chi connectivity index (χ0n) is 8.76. The van der Waals surface area contributed by atoms with Gasteiger partial charge in [-0.2, -0.15) is 0 Å². The average molecular weight is 211 g/mol. The molecule has 5 heteroatoms. The molecule has 0 aliphatic carbocycles. The lowest BCUT2D eigenvalue weighted by Crippen LogP contribution is -3.00. The van der Waals surface area contributed by atoms with Gasteiger partial charge in [-0.05, 0) is 21.0 Å². The molecule has 0 aliphatic heterocycles. The second-order valence-electron chi connectivity index (χ2n) is 2.72. The predicted octanol–water partition coefficient (Wildman–Crippen LogP) is -1.95. The Labute approximate surface area is 85.9 Å². The smallest absolute Gasteiger partial charge is 0.333 e. The van der Waals surface area contributed by atoms with E-state index in [9.17, 15) is 4.79 Å². The lowest BCUT2D eigenvalue weighted by molar-refractivity contribution is -0.139. The molecular formula is C8H19ClN2O2. The Hall–Kier alpha value is -0.580. The van der Waals surface area contributed by atoms with Crippen LogP contribution in [0.1, 0.15) is 6.92 Å². The first-order valence-electron chi connectivity index (χ1n) is 3.51. The molecule has 0 saturated heterocycles. The van der Waals surface area contributed by atoms with Gasteiger partial charge in [0, 0.05) is 12.1 Å². The molecule has 0 fully saturated rings. The molecule has 0 radical (unpaired) electrons. The summed E-state index contributed by atoms with van der Waals surface area (Å²) in [6, 6.07) is 0. The monoisotopic (exact) mass is 210 g/mol. The second-order valence-corrected chi connectivity index (χ2v) is 2.72. The van der Waals surface area contributed by atoms with E-state index in [1.165, 1.54) is 0 Å². The first kappa shape index (κ1) is 18.3. The van der Waals surface area contributed by atoms with Crippen molar-refractivity contribution in [2.45, 2.75) is 6.92 Å². The summed E-state index contributed by atoms with van der Waals surface area (Å²) in [5.41, 5.74) is 0.448. The third-order valence-corrected chi connectivity index (χ3v) is 1.12. The van der Waals surface area contributed by atoms with Crippen molar-refractivity contribution in [3.05, 3.63) is 12.2 Å². The lowest BCUT2D eigenvalue weighted by Gasteiger charge is -2.09. The van der Waals surface area contributed by atoms with Crippen molar-refractivity contribution in [1.82, 2.24) is 11.1 Å². The minimum atomic E-state index is -0.313. The van der Waals surface area contributed by atoms with Crippen LogP contribution in [0.3, 0.4) is 0 Å². The Balaban J connectivity index is -0.000000500. The van der Waals surface area contributed by atoms with E-state index in [1.807, 2.05) is 19.0 Å². The van der Waals surface area contributed by atoms with Crippen LogP contribution in [0.15, 0.2) is 12.2 Å². The van der Waals surface area contributed by atoms with Gasteiger partial charge in [0.2, 0.25) is 0 Å². The van der Waals surface area contributed by atoms with Gasteiger partial charge in [0.1, 0.15) is 6.61 Å². The molecule has 0 heterocycles. The quantitative estimate of drug-likeness (QED) is 0.433. The first-order chi connectivity index (χ1) is 5.04. The average Bonchev–Trinajstić information content (AvgIpc) is 1.86. The number of rotatable bonds is 4. The van der Waals surface area contributed by atoms with Crippen molar-refractivity contribution in [3.8, 4) is 0 Å². The highest BCUT2D eigenvalue weighted by atomic mass is 35.5. The molecule has 0 rings (SSSR count). The number of nitrogens with zero attached hydrogens (tertiary/aromatic N) is 1. The summed E-state index contributed by atoms with van der Waals surface area (Å²) >= 11 is 0. The SMILES string of the molecule is C=C(C)C(=O)OCCN(C)C.[Cl-].[NH4+]. The van der Waals surface area contributed by atoms with E-state index in [4.69, 9.17) is 4.74 Å². The number of hydrogen-bond donors (Lipinski definition) is 1. The van der Waals surface area contributed by atoms with E-state index < -0.39 is 0 Å². The zero-order valence-corrected chi connectivity index (χ0v) is 9.52. The van der Waals surface area contributed by atoms with Crippen molar-refractivity contribution in [1.29, 1.82) is 0 Å². The molecule has 0 saturated carbocycles. The molecular weight excluding hydrogens is 192 g/mol. The van der Waals surface area contributed by atoms with Crippen LogP contribution in [0.2, 0.25) is 0 Å². The van der Waals surface area contributed by atoms with Crippen molar-refractivity contribution in [3.63, 3.8) is 0 Å². The Morgan fingerprint density at radius 3 is 2.23 bits per heavy atom. The van der Waals surface area contributed by atoms with Crippen LogP contribution >= 0.6 is 0 Å². The number of hydrogen-bond acceptors (Lipinski definition) is 3. The Bertz CT molecular complexity index is 160. The van der Waals surface area contributed by atoms with Gasteiger partial charge in [0.05, 0.1) is 0 Å². The molecule has 0 aromatic heterocycles. The van der Waals surface area contributed by atoms with Gasteiger partial charge < -0.3 is 28.2 Å². The van der Waals surface area contributed by atoms with Crippen molar-refractivity contribution >= 4 is 5.97 Å². The molecule has 0 aliphatic rings. The standard InChI is InChI=1S/C8H15NO2.ClH.H3N/c1-7(2)8(10)11-6-5-9(3)4;;/h1,5-6H2,2-4H3;1H;1H3. The van der Waals surface area contributed by atoms with Gasteiger partial charge in [-0.3, -0.25) is 0 Å². The van der Waals surface area contributed by atoms with Gasteiger partial charge in [-0.1, -0.05) is 6.58 Å². The fourth-order valence-corrected chi connectivity index (χ4v) is 0.444. The number of halogens is 1. The van der Waals surface area contributed by atoms with Crippen LogP contribution < -0.4 is 18.6 Å². The summed E-state index contributed by atoms with van der Waals surface area (Å²) in [6.07, 6.45) is 0. The fourth-order valence-electron chi connectivity index (χ4n) is 0.444. The number of likely N-dealkylation sites (N-methyl/N-ethyl adjacent to an activating group) is 1. The van der Waals surface area contributed by atoms with Crippen LogP contribution in [0.5, 0.6) is 0 Å². The molecule has 0 bridgehead atoms. The van der Waals surface area contributed by atoms with E-state index in [0.717, 1.165) is 6.54 Å². The zero-order chi connectivity index (χ0) is 8.85. The summed E-state index contributed by atoms with van der Waals surface area (Å²) in [7, 11) is 3.85. The van der Waals surface area contributed by atoms with E-state index in [-0.39, 0.29) is 24.5 Å². The Morgan fingerprint density at radius 2 is 1.92 bits per heavy atom. The van der Waals surface area contributed by atoms with E-state index in [0.29, 0.717) is 12.2 Å². The van der Waals surface area contributed by atoms with Crippen molar-refractivity contribution < 1.29 is 21.9 Å². The molecule has 0 amide bonds. The Morgan fingerprint density at radius 1 is 1.46 bits per heavy atom. The number of carbonyl (C=O) groups is 1. The maximum Gasteiger partial charge on any atom is 0.333 e. The molecule has 0 aromatic carbocycles. The van der Waals surface area contributed by atoms with Gasteiger partial charge >= 0.3 is 5.97 Å². The van der Waals surface area contributed by atoms with Crippen LogP contribution in [0, 0.1) is 0 Å². The van der Waals surface area contributed by atoms with E-state index >= 15 is 0 Å². The largest absolute Gasteiger partial charge is 1.00 e. The topological polar surface area (TPSA) is 66.0 Å². The van der Waals surface area contributed by atoms with Crippen molar-refractivity contribution in [2.24, 2.45) is 0 Å². The van der Waals surface area contributed by atoms with Gasteiger partial charge in [0.25, 0.3) is 0 Å². The summed E-state index contributed by atoms with van der Waals surface area (Å²) in [6.45, 7) is 6.28. The molecule has 4 nitrogen and oxygen atoms in total. The van der Waals surface area contributed by atoms with Crippen LogP contribution in [-0.4, -0.2) is 38.1 Å². The van der Waals surface area contributed by atoms with E-state index in [2.05, 4.69) is 6.58 Å². The summed E-state index contributed by atoms with van der Waals surface area (Å²) in [5.74, 6) is -0.313. The highest BCUT2D eigenvalue weighted by molar-refractivity contribution is 5.86. The van der Waals surface area contributed by atoms with Gasteiger partial charge in [-0.15, -0.1) is 0 Å². The number of esters is 1. The Kier molecular flexibility index (Phi) is 13.3. The normalized spacial score (nSPS) is 8.31. The molecule has 0 unspecified atom stereocenters. The minimum absolute atomic E-state index is 0. The predicted molar refractivity (Wildman–Crippen MR) is 50.3 cm³/mol. The second kappa shape index (κ2) is 9.51. The first-order valence-corrected chi connectivity index (χ1v) is 3.51. The molecule has 13 heavy (non-hydrogen) atoms. The highest BCUT2D eigenvalue weighted by Gasteiger charge is 2.01. The third kappa shape index (κ3) is 11.4. The van der Waals surface area contributed by atoms with E-state index in [1.54, 1.807) is 6.92 Å². The molecule has 4 N–H and O–H groups in total. The van der Waals surface area contributed by atoms with Crippen LogP contribution in [-0.2, 0) is 9.53 Å². The lowest BCUT2D eigenvalue weighted by atomic mass is 10.4. The molecule has 0 aromatic rings. The van der Waals surface area contributed by atoms with Gasteiger partial charge in [-0.25, -0.2) is 4.79 Å².